The maximum atomic E-state index is 12.4. The molecular weight excluding hydrogens is 402 g/mol. The van der Waals surface area contributed by atoms with Crippen molar-refractivity contribution >= 4 is 46.3 Å². The number of hydrogen-bond acceptors (Lipinski definition) is 5. The molecular formula is C22H17N3O4S. The van der Waals surface area contributed by atoms with Crippen molar-refractivity contribution in [2.45, 2.75) is 6.42 Å². The Bertz CT molecular complexity index is 1110. The molecule has 0 saturated carbocycles. The standard InChI is InChI=1S/C22H17N3O4S/c26-19(10-11-25-21(28)16-7-1-2-8-17(16)22(25)29)23-14-5-3-6-15(13-14)24-20(27)18-9-4-12-30-18/h1-9,12-13H,10-11H2,(H,23,26)(H,24,27). The topological polar surface area (TPSA) is 95.6 Å². The zero-order valence-electron chi connectivity index (χ0n) is 15.8. The summed E-state index contributed by atoms with van der Waals surface area (Å²) in [6, 6.07) is 16.9. The number of thiophene rings is 1. The maximum Gasteiger partial charge on any atom is 0.265 e. The summed E-state index contributed by atoms with van der Waals surface area (Å²) >= 11 is 1.34. The number of imide groups is 1. The van der Waals surface area contributed by atoms with E-state index in [0.29, 0.717) is 27.4 Å². The Morgan fingerprint density at radius 3 is 2.13 bits per heavy atom. The molecule has 1 aliphatic heterocycles. The summed E-state index contributed by atoms with van der Waals surface area (Å²) in [5.41, 5.74) is 1.77. The van der Waals surface area contributed by atoms with E-state index in [1.54, 1.807) is 60.7 Å². The third kappa shape index (κ3) is 3.99. The second-order valence-electron chi connectivity index (χ2n) is 6.62. The van der Waals surface area contributed by atoms with Crippen molar-refractivity contribution in [3.8, 4) is 0 Å². The molecule has 0 saturated heterocycles. The number of anilines is 2. The van der Waals surface area contributed by atoms with Gasteiger partial charge in [0.15, 0.2) is 0 Å². The number of fused-ring (bicyclic) bond motifs is 1. The number of hydrogen-bond donors (Lipinski definition) is 2. The Labute approximate surface area is 176 Å². The summed E-state index contributed by atoms with van der Waals surface area (Å²) < 4.78 is 0. The molecule has 0 bridgehead atoms. The van der Waals surface area contributed by atoms with Gasteiger partial charge in [-0.3, -0.25) is 24.1 Å². The minimum atomic E-state index is -0.387. The van der Waals surface area contributed by atoms with Gasteiger partial charge in [0.05, 0.1) is 16.0 Å². The molecule has 0 unspecified atom stereocenters. The molecule has 1 aromatic heterocycles. The van der Waals surface area contributed by atoms with Crippen molar-refractivity contribution in [2.24, 2.45) is 0 Å². The van der Waals surface area contributed by atoms with Crippen molar-refractivity contribution in [3.05, 3.63) is 82.0 Å². The van der Waals surface area contributed by atoms with E-state index in [0.717, 1.165) is 4.90 Å². The largest absolute Gasteiger partial charge is 0.326 e. The molecule has 0 fully saturated rings. The van der Waals surface area contributed by atoms with E-state index in [4.69, 9.17) is 0 Å². The summed E-state index contributed by atoms with van der Waals surface area (Å²) in [5, 5.41) is 7.33. The van der Waals surface area contributed by atoms with E-state index in [1.807, 2.05) is 5.38 Å². The zero-order valence-corrected chi connectivity index (χ0v) is 16.6. The summed E-state index contributed by atoms with van der Waals surface area (Å²) in [6.45, 7) is -0.00696. The number of amides is 4. The molecule has 30 heavy (non-hydrogen) atoms. The molecule has 2 aromatic carbocycles. The Morgan fingerprint density at radius 2 is 1.50 bits per heavy atom. The molecule has 2 N–H and O–H groups in total. The fraction of sp³-hybridized carbons (Fsp3) is 0.0909. The van der Waals surface area contributed by atoms with Crippen LogP contribution >= 0.6 is 11.3 Å². The van der Waals surface area contributed by atoms with Crippen molar-refractivity contribution in [1.29, 1.82) is 0 Å². The molecule has 0 spiro atoms. The number of carbonyl (C=O) groups is 4. The van der Waals surface area contributed by atoms with Crippen LogP contribution in [0.25, 0.3) is 0 Å². The van der Waals surface area contributed by atoms with Gasteiger partial charge in [-0.2, -0.15) is 0 Å². The van der Waals surface area contributed by atoms with E-state index in [1.165, 1.54) is 11.3 Å². The zero-order chi connectivity index (χ0) is 21.1. The van der Waals surface area contributed by atoms with Crippen LogP contribution in [0.5, 0.6) is 0 Å². The van der Waals surface area contributed by atoms with Gasteiger partial charge in [-0.1, -0.05) is 24.3 Å². The highest BCUT2D eigenvalue weighted by Crippen LogP contribution is 2.23. The second kappa shape index (κ2) is 8.30. The fourth-order valence-corrected chi connectivity index (χ4v) is 3.77. The van der Waals surface area contributed by atoms with Crippen molar-refractivity contribution in [3.63, 3.8) is 0 Å². The Morgan fingerprint density at radius 1 is 0.833 bits per heavy atom. The smallest absolute Gasteiger partial charge is 0.265 e. The van der Waals surface area contributed by atoms with Crippen LogP contribution in [0.4, 0.5) is 11.4 Å². The summed E-state index contributed by atoms with van der Waals surface area (Å²) in [4.78, 5) is 50.9. The highest BCUT2D eigenvalue weighted by Gasteiger charge is 2.34. The Balaban J connectivity index is 1.34. The lowest BCUT2D eigenvalue weighted by molar-refractivity contribution is -0.116. The van der Waals surface area contributed by atoms with Crippen molar-refractivity contribution in [1.82, 2.24) is 4.90 Å². The first-order valence-corrected chi connectivity index (χ1v) is 10.1. The second-order valence-corrected chi connectivity index (χ2v) is 7.57. The molecule has 4 amide bonds. The quantitative estimate of drug-likeness (QED) is 0.597. The normalized spacial score (nSPS) is 12.6. The third-order valence-corrected chi connectivity index (χ3v) is 5.46. The highest BCUT2D eigenvalue weighted by molar-refractivity contribution is 7.12. The lowest BCUT2D eigenvalue weighted by Gasteiger charge is -2.14. The molecule has 0 aliphatic carbocycles. The average molecular weight is 419 g/mol. The molecule has 0 radical (unpaired) electrons. The van der Waals surface area contributed by atoms with Gasteiger partial charge in [0.25, 0.3) is 17.7 Å². The minimum absolute atomic E-state index is 0.00696. The van der Waals surface area contributed by atoms with E-state index in [-0.39, 0.29) is 36.6 Å². The predicted octanol–water partition coefficient (Wildman–Crippen LogP) is 3.63. The van der Waals surface area contributed by atoms with Crippen molar-refractivity contribution in [2.75, 3.05) is 17.2 Å². The fourth-order valence-electron chi connectivity index (χ4n) is 3.15. The van der Waals surface area contributed by atoms with E-state index in [9.17, 15) is 19.2 Å². The lowest BCUT2D eigenvalue weighted by Crippen LogP contribution is -2.32. The van der Waals surface area contributed by atoms with Crippen LogP contribution in [0.1, 0.15) is 36.8 Å². The van der Waals surface area contributed by atoms with E-state index in [2.05, 4.69) is 10.6 Å². The van der Waals surface area contributed by atoms with Gasteiger partial charge in [-0.25, -0.2) is 0 Å². The minimum Gasteiger partial charge on any atom is -0.326 e. The van der Waals surface area contributed by atoms with Gasteiger partial charge in [0.2, 0.25) is 5.91 Å². The van der Waals surface area contributed by atoms with Gasteiger partial charge in [-0.05, 0) is 41.8 Å². The lowest BCUT2D eigenvalue weighted by atomic mass is 10.1. The van der Waals surface area contributed by atoms with Crippen LogP contribution in [0.2, 0.25) is 0 Å². The van der Waals surface area contributed by atoms with Gasteiger partial charge >= 0.3 is 0 Å². The molecule has 7 nitrogen and oxygen atoms in total. The first-order valence-electron chi connectivity index (χ1n) is 9.23. The molecule has 4 rings (SSSR count). The van der Waals surface area contributed by atoms with Crippen molar-refractivity contribution < 1.29 is 19.2 Å². The number of carbonyl (C=O) groups excluding carboxylic acids is 4. The number of rotatable bonds is 6. The van der Waals surface area contributed by atoms with Crippen LogP contribution in [0.3, 0.4) is 0 Å². The molecule has 1 aliphatic rings. The summed E-state index contributed by atoms with van der Waals surface area (Å²) in [7, 11) is 0. The number of nitrogens with zero attached hydrogens (tertiary/aromatic N) is 1. The highest BCUT2D eigenvalue weighted by atomic mass is 32.1. The summed E-state index contributed by atoms with van der Waals surface area (Å²) in [6.07, 6.45) is -0.0305. The third-order valence-electron chi connectivity index (χ3n) is 4.59. The molecule has 150 valence electrons. The monoisotopic (exact) mass is 419 g/mol. The van der Waals surface area contributed by atoms with E-state index >= 15 is 0 Å². The Kier molecular flexibility index (Phi) is 5.40. The maximum absolute atomic E-state index is 12.4. The number of benzene rings is 2. The van der Waals surface area contributed by atoms with Crippen LogP contribution in [-0.2, 0) is 4.79 Å². The molecule has 3 aromatic rings. The SMILES string of the molecule is O=C(CCN1C(=O)c2ccccc2C1=O)Nc1cccc(NC(=O)c2cccs2)c1. The first kappa shape index (κ1) is 19.5. The van der Waals surface area contributed by atoms with Gasteiger partial charge in [-0.15, -0.1) is 11.3 Å². The van der Waals surface area contributed by atoms with Crippen LogP contribution in [-0.4, -0.2) is 35.1 Å². The van der Waals surface area contributed by atoms with Crippen LogP contribution in [0.15, 0.2) is 66.0 Å². The molecule has 8 heteroatoms. The summed E-state index contributed by atoms with van der Waals surface area (Å²) in [5.74, 6) is -1.34. The van der Waals surface area contributed by atoms with Crippen LogP contribution < -0.4 is 10.6 Å². The first-order chi connectivity index (χ1) is 14.5. The number of nitrogens with one attached hydrogen (secondary N) is 2. The Hall–Kier alpha value is -3.78. The molecule has 0 atom stereocenters. The van der Waals surface area contributed by atoms with Gasteiger partial charge < -0.3 is 10.6 Å². The van der Waals surface area contributed by atoms with Gasteiger partial charge in [0, 0.05) is 24.3 Å². The predicted molar refractivity (Wildman–Crippen MR) is 114 cm³/mol. The van der Waals surface area contributed by atoms with Crippen LogP contribution in [0, 0.1) is 0 Å². The molecule has 2 heterocycles. The van der Waals surface area contributed by atoms with E-state index < -0.39 is 0 Å². The average Bonchev–Trinajstić information content (AvgIpc) is 3.36. The van der Waals surface area contributed by atoms with Gasteiger partial charge in [0.1, 0.15) is 0 Å².